The molecule has 0 aliphatic carbocycles. The molecule has 0 radical (unpaired) electrons. The van der Waals surface area contributed by atoms with E-state index in [0.29, 0.717) is 0 Å². The molecule has 0 atom stereocenters. The molecule has 0 N–H and O–H groups in total. The van der Waals surface area contributed by atoms with Gasteiger partial charge in [-0.2, -0.15) is 0 Å². The third-order valence-corrected chi connectivity index (χ3v) is 0.823. The summed E-state index contributed by atoms with van der Waals surface area (Å²) in [5, 5.41) is 11.2. The van der Waals surface area contributed by atoms with E-state index in [2.05, 4.69) is 29.4 Å². The van der Waals surface area contributed by atoms with Gasteiger partial charge in [0.2, 0.25) is 0 Å². The number of quaternary nitrogens is 1. The normalized spacial score (nSPS) is 9.91. The molecule has 0 fully saturated rings. The van der Waals surface area contributed by atoms with E-state index in [-0.39, 0.29) is 6.54 Å². The van der Waals surface area contributed by atoms with Gasteiger partial charge in [0.15, 0.2) is 19.1 Å². The quantitative estimate of drug-likeness (QED) is 0.255. The third-order valence-electron chi connectivity index (χ3n) is 0.823. The smallest absolute Gasteiger partial charge is 0.180 e. The maximum atomic E-state index is 11.2. The second-order valence-electron chi connectivity index (χ2n) is 1.63. The molecule has 4 nitrogen and oxygen atoms in total. The number of hydrogen-bond donors (Lipinski definition) is 0. The number of rotatable bonds is 6. The van der Waals surface area contributed by atoms with Gasteiger partial charge < -0.3 is 5.21 Å². The lowest BCUT2D eigenvalue weighted by molar-refractivity contribution is -1.19. The summed E-state index contributed by atoms with van der Waals surface area (Å²) in [6, 6.07) is 0. The number of hydroxylamine groups is 3. The van der Waals surface area contributed by atoms with Gasteiger partial charge in [-0.15, -0.1) is 0 Å². The van der Waals surface area contributed by atoms with Crippen molar-refractivity contribution in [3.63, 3.8) is 0 Å². The maximum Gasteiger partial charge on any atom is 0.180 e. The molecule has 0 aliphatic rings. The topological polar surface area (TPSA) is 41.5 Å². The summed E-state index contributed by atoms with van der Waals surface area (Å²) >= 11 is 0. The zero-order chi connectivity index (χ0) is 8.74. The Morgan fingerprint density at radius 1 is 1.18 bits per heavy atom. The Morgan fingerprint density at radius 2 is 1.64 bits per heavy atom. The monoisotopic (exact) mass is 157 g/mol. The second kappa shape index (κ2) is 4.54. The van der Waals surface area contributed by atoms with Gasteiger partial charge in [0.1, 0.15) is 0 Å². The first-order valence-electron chi connectivity index (χ1n) is 2.97. The predicted octanol–water partition coefficient (Wildman–Crippen LogP) is 1.64. The van der Waals surface area contributed by atoms with E-state index in [0.717, 1.165) is 12.5 Å². The Morgan fingerprint density at radius 3 is 1.91 bits per heavy atom. The van der Waals surface area contributed by atoms with E-state index in [1.54, 1.807) is 0 Å². The van der Waals surface area contributed by atoms with Crippen LogP contribution < -0.4 is 0 Å². The van der Waals surface area contributed by atoms with Crippen LogP contribution in [0.4, 0.5) is 0 Å². The van der Waals surface area contributed by atoms with Crippen LogP contribution in [0.1, 0.15) is 0 Å². The van der Waals surface area contributed by atoms with Crippen LogP contribution in [-0.2, 0) is 9.68 Å². The molecular formula is C7H11NO3. The van der Waals surface area contributed by atoms with Crippen LogP contribution in [0.25, 0.3) is 0 Å². The van der Waals surface area contributed by atoms with E-state index < -0.39 is 4.97 Å². The average molecular weight is 157 g/mol. The predicted molar refractivity (Wildman–Crippen MR) is 41.3 cm³/mol. The van der Waals surface area contributed by atoms with Gasteiger partial charge in [-0.3, -0.25) is 9.68 Å². The average Bonchev–Trinajstić information content (AvgIpc) is 1.88. The molecule has 0 aromatic heterocycles. The number of hydrogen-bond acceptors (Lipinski definition) is 3. The summed E-state index contributed by atoms with van der Waals surface area (Å²) in [5.41, 5.74) is 0. The van der Waals surface area contributed by atoms with E-state index in [1.165, 1.54) is 6.08 Å². The van der Waals surface area contributed by atoms with Gasteiger partial charge in [0.05, 0.1) is 0 Å². The van der Waals surface area contributed by atoms with Crippen molar-refractivity contribution in [2.24, 2.45) is 0 Å². The van der Waals surface area contributed by atoms with Crippen molar-refractivity contribution >= 4 is 0 Å². The van der Waals surface area contributed by atoms with E-state index in [4.69, 9.17) is 0 Å². The summed E-state index contributed by atoms with van der Waals surface area (Å²) in [5.74, 6) is 0. The Balaban J connectivity index is 4.09. The Labute approximate surface area is 65.7 Å². The minimum absolute atomic E-state index is 0.0297. The molecule has 0 bridgehead atoms. The van der Waals surface area contributed by atoms with Crippen LogP contribution >= 0.6 is 0 Å². The fourth-order valence-corrected chi connectivity index (χ4v) is 0.496. The van der Waals surface area contributed by atoms with Gasteiger partial charge in [-0.25, -0.2) is 0 Å². The lowest BCUT2D eigenvalue weighted by Crippen LogP contribution is -2.38. The molecule has 0 heterocycles. The first kappa shape index (κ1) is 9.74. The van der Waals surface area contributed by atoms with Crippen LogP contribution in [0.3, 0.4) is 0 Å². The van der Waals surface area contributed by atoms with Crippen LogP contribution in [0.5, 0.6) is 0 Å². The Kier molecular flexibility index (Phi) is 4.02. The van der Waals surface area contributed by atoms with Gasteiger partial charge in [0, 0.05) is 4.97 Å². The zero-order valence-electron chi connectivity index (χ0n) is 6.23. The molecule has 0 aromatic rings. The van der Waals surface area contributed by atoms with E-state index >= 15 is 0 Å². The molecule has 0 amide bonds. The highest BCUT2D eigenvalue weighted by Crippen LogP contribution is 2.07. The highest BCUT2D eigenvalue weighted by Gasteiger charge is 2.15. The van der Waals surface area contributed by atoms with Crippen LogP contribution in [0, 0.1) is 5.21 Å². The van der Waals surface area contributed by atoms with E-state index in [1.807, 2.05) is 0 Å². The molecule has 0 rings (SSSR count). The molecule has 4 heteroatoms. The minimum Gasteiger partial charge on any atom is -0.545 e. The van der Waals surface area contributed by atoms with Crippen LogP contribution in [-0.4, -0.2) is 11.5 Å². The summed E-state index contributed by atoms with van der Waals surface area (Å²) in [4.78, 5) is 7.66. The van der Waals surface area contributed by atoms with Crippen molar-refractivity contribution in [1.82, 2.24) is 0 Å². The summed E-state index contributed by atoms with van der Waals surface area (Å²) < 4.78 is 0. The molecule has 0 aromatic carbocycles. The second-order valence-corrected chi connectivity index (χ2v) is 1.63. The summed E-state index contributed by atoms with van der Waals surface area (Å²) in [7, 11) is 0. The molecular weight excluding hydrogens is 146 g/mol. The SMILES string of the molecule is C=CC[N+]([O-])(OC=C)OC=C. The standard InChI is InChI=1S/C7H11NO3/c1-4-7-8(9,10-5-2)11-6-3/h4-6H,1-3,7H2. The summed E-state index contributed by atoms with van der Waals surface area (Å²) in [6.45, 7) is 9.78. The molecule has 0 unspecified atom stereocenters. The fourth-order valence-electron chi connectivity index (χ4n) is 0.496. The minimum atomic E-state index is -1.32. The third kappa shape index (κ3) is 3.44. The lowest BCUT2D eigenvalue weighted by Gasteiger charge is -2.31. The first-order valence-corrected chi connectivity index (χ1v) is 2.97. The Bertz CT molecular complexity index is 129. The summed E-state index contributed by atoms with van der Waals surface area (Å²) in [6.07, 6.45) is 3.38. The first-order chi connectivity index (χ1) is 5.18. The van der Waals surface area contributed by atoms with Crippen molar-refractivity contribution in [2.45, 2.75) is 0 Å². The van der Waals surface area contributed by atoms with Crippen molar-refractivity contribution in [2.75, 3.05) is 6.54 Å². The van der Waals surface area contributed by atoms with Gasteiger partial charge in [-0.05, 0) is 6.08 Å². The van der Waals surface area contributed by atoms with Crippen molar-refractivity contribution in [3.8, 4) is 0 Å². The fraction of sp³-hybridized carbons (Fsp3) is 0.143. The molecule has 0 aliphatic heterocycles. The van der Waals surface area contributed by atoms with Crippen molar-refractivity contribution in [3.05, 3.63) is 43.5 Å². The Hall–Kier alpha value is -1.26. The highest BCUT2D eigenvalue weighted by molar-refractivity contribution is 4.63. The maximum absolute atomic E-state index is 11.2. The molecule has 0 saturated heterocycles. The lowest BCUT2D eigenvalue weighted by atomic mass is 10.6. The molecule has 62 valence electrons. The molecule has 0 saturated carbocycles. The van der Waals surface area contributed by atoms with Crippen LogP contribution in [0.2, 0.25) is 0 Å². The van der Waals surface area contributed by atoms with Gasteiger partial charge >= 0.3 is 0 Å². The number of nitrogens with zero attached hydrogens (tertiary/aromatic N) is 1. The van der Waals surface area contributed by atoms with Crippen molar-refractivity contribution < 1.29 is 14.6 Å². The van der Waals surface area contributed by atoms with Crippen LogP contribution in [0.15, 0.2) is 38.3 Å². The van der Waals surface area contributed by atoms with Gasteiger partial charge in [0.25, 0.3) is 0 Å². The zero-order valence-corrected chi connectivity index (χ0v) is 6.23. The molecule has 11 heavy (non-hydrogen) atoms. The van der Waals surface area contributed by atoms with E-state index in [9.17, 15) is 5.21 Å². The highest BCUT2D eigenvalue weighted by atomic mass is 17.2. The van der Waals surface area contributed by atoms with Crippen molar-refractivity contribution in [1.29, 1.82) is 0 Å². The van der Waals surface area contributed by atoms with Gasteiger partial charge in [-0.1, -0.05) is 19.7 Å². The largest absolute Gasteiger partial charge is 0.545 e. The molecule has 0 spiro atoms.